The minimum absolute atomic E-state index is 0.147. The Kier molecular flexibility index (Phi) is 3.98. The molecule has 2 aliphatic rings. The molecule has 3 rings (SSSR count). The maximum Gasteiger partial charge on any atom is 0.230 e. The van der Waals surface area contributed by atoms with E-state index in [4.69, 9.17) is 5.73 Å². The summed E-state index contributed by atoms with van der Waals surface area (Å²) in [5.41, 5.74) is 6.13. The second kappa shape index (κ2) is 5.76. The van der Waals surface area contributed by atoms with Gasteiger partial charge in [-0.2, -0.15) is 0 Å². The molecule has 2 aliphatic carbocycles. The standard InChI is InChI=1S/C17H23FN2O/c18-15-6-2-1-5-13(15)11-20(14-7-8-14)16(21)17(12-19)9-3-4-10-17/h1-2,5-6,14H,3-4,7-12,19H2. The van der Waals surface area contributed by atoms with Crippen molar-refractivity contribution < 1.29 is 9.18 Å². The van der Waals surface area contributed by atoms with Gasteiger partial charge in [0.05, 0.1) is 5.41 Å². The highest BCUT2D eigenvalue weighted by Crippen LogP contribution is 2.41. The highest BCUT2D eigenvalue weighted by molar-refractivity contribution is 5.84. The Morgan fingerprint density at radius 2 is 1.95 bits per heavy atom. The minimum Gasteiger partial charge on any atom is -0.335 e. The number of carbonyl (C=O) groups excluding carboxylic acids is 1. The Labute approximate surface area is 125 Å². The van der Waals surface area contributed by atoms with Crippen molar-refractivity contribution in [3.05, 3.63) is 35.6 Å². The molecular formula is C17H23FN2O. The monoisotopic (exact) mass is 290 g/mol. The van der Waals surface area contributed by atoms with Crippen molar-refractivity contribution in [1.29, 1.82) is 0 Å². The summed E-state index contributed by atoms with van der Waals surface area (Å²) in [5.74, 6) is -0.0857. The fourth-order valence-corrected chi connectivity index (χ4v) is 3.42. The van der Waals surface area contributed by atoms with Crippen molar-refractivity contribution in [1.82, 2.24) is 4.90 Å². The number of hydrogen-bond acceptors (Lipinski definition) is 2. The van der Waals surface area contributed by atoms with E-state index in [1.807, 2.05) is 11.0 Å². The molecule has 0 radical (unpaired) electrons. The summed E-state index contributed by atoms with van der Waals surface area (Å²) in [6.07, 6.45) is 5.95. The van der Waals surface area contributed by atoms with Gasteiger partial charge in [-0.25, -0.2) is 4.39 Å². The van der Waals surface area contributed by atoms with Gasteiger partial charge in [0.2, 0.25) is 5.91 Å². The molecule has 0 unspecified atom stereocenters. The number of nitrogens with two attached hydrogens (primary N) is 1. The zero-order valence-corrected chi connectivity index (χ0v) is 12.4. The van der Waals surface area contributed by atoms with E-state index >= 15 is 0 Å². The molecule has 1 aromatic rings. The average molecular weight is 290 g/mol. The topological polar surface area (TPSA) is 46.3 Å². The zero-order valence-electron chi connectivity index (χ0n) is 12.4. The van der Waals surface area contributed by atoms with E-state index in [9.17, 15) is 9.18 Å². The van der Waals surface area contributed by atoms with Crippen LogP contribution in [0.15, 0.2) is 24.3 Å². The van der Waals surface area contributed by atoms with Crippen LogP contribution in [0.25, 0.3) is 0 Å². The van der Waals surface area contributed by atoms with Crippen LogP contribution in [0.1, 0.15) is 44.1 Å². The molecule has 1 amide bonds. The fourth-order valence-electron chi connectivity index (χ4n) is 3.42. The summed E-state index contributed by atoms with van der Waals surface area (Å²) in [4.78, 5) is 14.9. The van der Waals surface area contributed by atoms with Gasteiger partial charge in [0.25, 0.3) is 0 Å². The number of rotatable bonds is 5. The Morgan fingerprint density at radius 3 is 2.52 bits per heavy atom. The second-order valence-corrected chi connectivity index (χ2v) is 6.45. The molecule has 114 valence electrons. The predicted molar refractivity (Wildman–Crippen MR) is 79.9 cm³/mol. The first-order valence-corrected chi connectivity index (χ1v) is 7.91. The van der Waals surface area contributed by atoms with E-state index in [-0.39, 0.29) is 17.8 Å². The van der Waals surface area contributed by atoms with E-state index < -0.39 is 5.41 Å². The van der Waals surface area contributed by atoms with Gasteiger partial charge >= 0.3 is 0 Å². The number of carbonyl (C=O) groups is 1. The fraction of sp³-hybridized carbons (Fsp3) is 0.588. The van der Waals surface area contributed by atoms with Gasteiger partial charge < -0.3 is 10.6 Å². The lowest BCUT2D eigenvalue weighted by Gasteiger charge is -2.34. The summed E-state index contributed by atoms with van der Waals surface area (Å²) in [7, 11) is 0. The highest BCUT2D eigenvalue weighted by atomic mass is 19.1. The van der Waals surface area contributed by atoms with E-state index in [1.165, 1.54) is 6.07 Å². The summed E-state index contributed by atoms with van der Waals surface area (Å²) >= 11 is 0. The Balaban J connectivity index is 1.81. The number of benzene rings is 1. The van der Waals surface area contributed by atoms with Gasteiger partial charge in [-0.05, 0) is 31.7 Å². The molecule has 0 bridgehead atoms. The molecule has 0 aromatic heterocycles. The van der Waals surface area contributed by atoms with Crippen LogP contribution in [-0.4, -0.2) is 23.4 Å². The van der Waals surface area contributed by atoms with Crippen LogP contribution in [-0.2, 0) is 11.3 Å². The molecule has 2 saturated carbocycles. The molecule has 2 fully saturated rings. The largest absolute Gasteiger partial charge is 0.335 e. The molecule has 0 heterocycles. The summed E-state index contributed by atoms with van der Waals surface area (Å²) < 4.78 is 13.9. The maximum absolute atomic E-state index is 13.9. The smallest absolute Gasteiger partial charge is 0.230 e. The lowest BCUT2D eigenvalue weighted by atomic mass is 9.84. The molecule has 1 aromatic carbocycles. The third-order valence-corrected chi connectivity index (χ3v) is 4.95. The third kappa shape index (κ3) is 2.82. The van der Waals surface area contributed by atoms with E-state index in [0.29, 0.717) is 18.7 Å². The van der Waals surface area contributed by atoms with Gasteiger partial charge in [0.1, 0.15) is 5.82 Å². The summed E-state index contributed by atoms with van der Waals surface area (Å²) in [6.45, 7) is 0.782. The Bertz CT molecular complexity index is 521. The number of halogens is 1. The van der Waals surface area contributed by atoms with Crippen LogP contribution in [0.5, 0.6) is 0 Å². The van der Waals surface area contributed by atoms with E-state index in [2.05, 4.69) is 0 Å². The Hall–Kier alpha value is -1.42. The molecule has 21 heavy (non-hydrogen) atoms. The Morgan fingerprint density at radius 1 is 1.29 bits per heavy atom. The summed E-state index contributed by atoms with van der Waals surface area (Å²) in [5, 5.41) is 0. The second-order valence-electron chi connectivity index (χ2n) is 6.45. The SMILES string of the molecule is NCC1(C(=O)N(Cc2ccccc2F)C2CC2)CCCC1. The van der Waals surface area contributed by atoms with Crippen LogP contribution < -0.4 is 5.73 Å². The first-order chi connectivity index (χ1) is 10.2. The van der Waals surface area contributed by atoms with Gasteiger partial charge in [-0.3, -0.25) is 4.79 Å². The van der Waals surface area contributed by atoms with Crippen molar-refractivity contribution in [2.75, 3.05) is 6.54 Å². The minimum atomic E-state index is -0.395. The van der Waals surface area contributed by atoms with Crippen LogP contribution in [0.3, 0.4) is 0 Å². The van der Waals surface area contributed by atoms with Gasteiger partial charge in [0, 0.05) is 24.7 Å². The third-order valence-electron chi connectivity index (χ3n) is 4.95. The molecule has 2 N–H and O–H groups in total. The van der Waals surface area contributed by atoms with Crippen molar-refractivity contribution in [2.24, 2.45) is 11.1 Å². The van der Waals surface area contributed by atoms with Crippen molar-refractivity contribution in [3.8, 4) is 0 Å². The van der Waals surface area contributed by atoms with Crippen molar-refractivity contribution in [3.63, 3.8) is 0 Å². The van der Waals surface area contributed by atoms with Crippen LogP contribution in [0, 0.1) is 11.2 Å². The van der Waals surface area contributed by atoms with Crippen molar-refractivity contribution in [2.45, 2.75) is 51.1 Å². The molecular weight excluding hydrogens is 267 g/mol. The number of nitrogens with zero attached hydrogens (tertiary/aromatic N) is 1. The number of amides is 1. The number of hydrogen-bond donors (Lipinski definition) is 1. The first-order valence-electron chi connectivity index (χ1n) is 7.91. The molecule has 3 nitrogen and oxygen atoms in total. The first kappa shape index (κ1) is 14.5. The lowest BCUT2D eigenvalue weighted by molar-refractivity contribution is -0.142. The molecule has 0 atom stereocenters. The molecule has 0 spiro atoms. The maximum atomic E-state index is 13.9. The van der Waals surface area contributed by atoms with Crippen LogP contribution in [0.2, 0.25) is 0 Å². The molecule has 0 aliphatic heterocycles. The predicted octanol–water partition coefficient (Wildman–Crippen LogP) is 2.84. The summed E-state index contributed by atoms with van der Waals surface area (Å²) in [6, 6.07) is 7.00. The van der Waals surface area contributed by atoms with Gasteiger partial charge in [-0.15, -0.1) is 0 Å². The average Bonchev–Trinajstić information content (AvgIpc) is 3.22. The van der Waals surface area contributed by atoms with E-state index in [0.717, 1.165) is 38.5 Å². The van der Waals surface area contributed by atoms with Crippen LogP contribution in [0.4, 0.5) is 4.39 Å². The zero-order chi connectivity index (χ0) is 14.9. The van der Waals surface area contributed by atoms with Gasteiger partial charge in [-0.1, -0.05) is 31.0 Å². The van der Waals surface area contributed by atoms with Gasteiger partial charge in [0.15, 0.2) is 0 Å². The van der Waals surface area contributed by atoms with Crippen LogP contribution >= 0.6 is 0 Å². The normalized spacial score (nSPS) is 20.5. The molecule has 4 heteroatoms. The van der Waals surface area contributed by atoms with E-state index in [1.54, 1.807) is 12.1 Å². The van der Waals surface area contributed by atoms with Crippen molar-refractivity contribution >= 4 is 5.91 Å². The highest BCUT2D eigenvalue weighted by Gasteiger charge is 2.45. The lowest BCUT2D eigenvalue weighted by Crippen LogP contribution is -2.47. The quantitative estimate of drug-likeness (QED) is 0.906. The molecule has 0 saturated heterocycles.